The molecule has 1 N–H and O–H groups in total. The number of carboxylic acids is 1. The molecule has 0 aliphatic carbocycles. The first-order valence-electron chi connectivity index (χ1n) is 6.71. The van der Waals surface area contributed by atoms with Crippen LogP contribution in [-0.4, -0.2) is 21.8 Å². The number of carboxylic acid groups (broad SMARTS) is 1. The van der Waals surface area contributed by atoms with Crippen LogP contribution in [-0.2, 0) is 4.79 Å². The number of anilines is 1. The van der Waals surface area contributed by atoms with E-state index in [4.69, 9.17) is 0 Å². The molecular weight excluding hydrogens is 266 g/mol. The highest BCUT2D eigenvalue weighted by molar-refractivity contribution is 6.03. The van der Waals surface area contributed by atoms with Gasteiger partial charge in [-0.05, 0) is 24.6 Å². The van der Waals surface area contributed by atoms with Gasteiger partial charge in [0.15, 0.2) is 0 Å². The van der Waals surface area contributed by atoms with Gasteiger partial charge in [-0.15, -0.1) is 0 Å². The quantitative estimate of drug-likeness (QED) is 0.939. The molecule has 106 valence electrons. The zero-order valence-corrected chi connectivity index (χ0v) is 11.5. The van der Waals surface area contributed by atoms with Gasteiger partial charge in [-0.1, -0.05) is 36.4 Å². The molecule has 1 aliphatic rings. The number of pyridine rings is 1. The van der Waals surface area contributed by atoms with Crippen molar-refractivity contribution < 1.29 is 9.90 Å². The summed E-state index contributed by atoms with van der Waals surface area (Å²) in [6, 6.07) is 14.7. The smallest absolute Gasteiger partial charge is 0.314 e. The van der Waals surface area contributed by atoms with E-state index in [-0.39, 0.29) is 6.04 Å². The molecule has 3 rings (SSSR count). The number of rotatable bonds is 3. The average molecular weight is 281 g/mol. The Labute approximate surface area is 122 Å². The van der Waals surface area contributed by atoms with Crippen LogP contribution in [0.25, 0.3) is 0 Å². The molecule has 2 atom stereocenters. The third-order valence-electron chi connectivity index (χ3n) is 3.59. The zero-order chi connectivity index (χ0) is 14.8. The van der Waals surface area contributed by atoms with E-state index in [1.165, 1.54) is 0 Å². The molecule has 5 heteroatoms. The molecule has 1 aromatic carbocycles. The highest BCUT2D eigenvalue weighted by Gasteiger charge is 2.42. The Kier molecular flexibility index (Phi) is 3.39. The van der Waals surface area contributed by atoms with Gasteiger partial charge in [0.05, 0.1) is 11.8 Å². The molecule has 0 amide bonds. The normalized spacial score (nSPS) is 21.2. The van der Waals surface area contributed by atoms with Crippen LogP contribution in [0.15, 0.2) is 59.8 Å². The van der Waals surface area contributed by atoms with Crippen molar-refractivity contribution in [2.45, 2.75) is 13.0 Å². The number of hydrogen-bond acceptors (Lipinski definition) is 4. The molecule has 0 saturated carbocycles. The van der Waals surface area contributed by atoms with Gasteiger partial charge in [0.25, 0.3) is 0 Å². The van der Waals surface area contributed by atoms with Crippen molar-refractivity contribution in [1.82, 2.24) is 4.98 Å². The highest BCUT2D eigenvalue weighted by Crippen LogP contribution is 2.38. The summed E-state index contributed by atoms with van der Waals surface area (Å²) in [7, 11) is 0. The fraction of sp³-hybridized carbons (Fsp3) is 0.188. The highest BCUT2D eigenvalue weighted by atomic mass is 16.4. The number of hydrazone groups is 1. The lowest BCUT2D eigenvalue weighted by Gasteiger charge is -2.25. The van der Waals surface area contributed by atoms with E-state index in [0.29, 0.717) is 11.5 Å². The van der Waals surface area contributed by atoms with E-state index in [9.17, 15) is 9.90 Å². The molecule has 1 aliphatic heterocycles. The lowest BCUT2D eigenvalue weighted by Crippen LogP contribution is -2.30. The number of nitrogens with zero attached hydrogens (tertiary/aromatic N) is 3. The molecular formula is C16H15N3O2. The number of aliphatic carboxylic acids is 1. The fourth-order valence-electron chi connectivity index (χ4n) is 2.64. The lowest BCUT2D eigenvalue weighted by atomic mass is 9.90. The predicted octanol–water partition coefficient (Wildman–Crippen LogP) is 2.72. The van der Waals surface area contributed by atoms with Crippen molar-refractivity contribution in [2.24, 2.45) is 11.0 Å². The molecule has 2 heterocycles. The van der Waals surface area contributed by atoms with Crippen LogP contribution in [0.1, 0.15) is 18.5 Å². The van der Waals surface area contributed by atoms with Crippen LogP contribution in [0.3, 0.4) is 0 Å². The first kappa shape index (κ1) is 13.3. The second kappa shape index (κ2) is 5.36. The van der Waals surface area contributed by atoms with Crippen LogP contribution in [0, 0.1) is 5.92 Å². The van der Waals surface area contributed by atoms with Crippen LogP contribution < -0.4 is 5.01 Å². The predicted molar refractivity (Wildman–Crippen MR) is 80.1 cm³/mol. The summed E-state index contributed by atoms with van der Waals surface area (Å²) in [6.07, 6.45) is 1.68. The Morgan fingerprint density at radius 2 is 1.86 bits per heavy atom. The van der Waals surface area contributed by atoms with E-state index in [2.05, 4.69) is 10.1 Å². The molecule has 2 aromatic rings. The lowest BCUT2D eigenvalue weighted by molar-refractivity contribution is -0.139. The molecule has 1 aromatic heterocycles. The fourth-order valence-corrected chi connectivity index (χ4v) is 2.64. The average Bonchev–Trinajstić information content (AvgIpc) is 2.86. The first-order valence-corrected chi connectivity index (χ1v) is 6.71. The molecule has 0 spiro atoms. The van der Waals surface area contributed by atoms with Crippen molar-refractivity contribution in [3.8, 4) is 0 Å². The molecule has 0 radical (unpaired) electrons. The maximum atomic E-state index is 11.6. The Balaban J connectivity index is 2.08. The Morgan fingerprint density at radius 3 is 2.48 bits per heavy atom. The van der Waals surface area contributed by atoms with Crippen LogP contribution in [0.2, 0.25) is 0 Å². The standard InChI is InChI=1S/C16H15N3O2/c1-11-14(16(20)21)15(12-7-3-2-4-8-12)19(18-11)13-9-5-6-10-17-13/h2-10,14-15H,1H3,(H,20,21). The van der Waals surface area contributed by atoms with Gasteiger partial charge in [-0.25, -0.2) is 9.99 Å². The van der Waals surface area contributed by atoms with Crippen molar-refractivity contribution in [2.75, 3.05) is 5.01 Å². The van der Waals surface area contributed by atoms with Crippen LogP contribution in [0.5, 0.6) is 0 Å². The molecule has 0 saturated heterocycles. The summed E-state index contributed by atoms with van der Waals surface area (Å²) in [5.74, 6) is -0.896. The summed E-state index contributed by atoms with van der Waals surface area (Å²) in [5, 5.41) is 15.7. The maximum Gasteiger partial charge on any atom is 0.314 e. The number of carbonyl (C=O) groups is 1. The topological polar surface area (TPSA) is 65.8 Å². The van der Waals surface area contributed by atoms with Crippen molar-refractivity contribution >= 4 is 17.5 Å². The molecule has 0 bridgehead atoms. The zero-order valence-electron chi connectivity index (χ0n) is 11.5. The number of aromatic nitrogens is 1. The van der Waals surface area contributed by atoms with Crippen LogP contribution in [0.4, 0.5) is 5.82 Å². The maximum absolute atomic E-state index is 11.6. The first-order chi connectivity index (χ1) is 10.2. The number of hydrogen-bond donors (Lipinski definition) is 1. The van der Waals surface area contributed by atoms with Gasteiger partial charge >= 0.3 is 5.97 Å². The Hall–Kier alpha value is -2.69. The van der Waals surface area contributed by atoms with Gasteiger partial charge in [-0.2, -0.15) is 5.10 Å². The van der Waals surface area contributed by atoms with E-state index in [0.717, 1.165) is 5.56 Å². The third-order valence-corrected chi connectivity index (χ3v) is 3.59. The van der Waals surface area contributed by atoms with Gasteiger partial charge < -0.3 is 5.11 Å². The van der Waals surface area contributed by atoms with Gasteiger partial charge in [0.1, 0.15) is 11.7 Å². The van der Waals surface area contributed by atoms with E-state index in [1.807, 2.05) is 48.5 Å². The summed E-state index contributed by atoms with van der Waals surface area (Å²) < 4.78 is 0. The minimum Gasteiger partial charge on any atom is -0.481 e. The van der Waals surface area contributed by atoms with Crippen molar-refractivity contribution in [1.29, 1.82) is 0 Å². The second-order valence-electron chi connectivity index (χ2n) is 4.95. The Morgan fingerprint density at radius 1 is 1.14 bits per heavy atom. The molecule has 5 nitrogen and oxygen atoms in total. The van der Waals surface area contributed by atoms with E-state index < -0.39 is 11.9 Å². The van der Waals surface area contributed by atoms with Gasteiger partial charge in [0.2, 0.25) is 0 Å². The minimum absolute atomic E-state index is 0.376. The monoisotopic (exact) mass is 281 g/mol. The van der Waals surface area contributed by atoms with Crippen LogP contribution >= 0.6 is 0 Å². The van der Waals surface area contributed by atoms with E-state index in [1.54, 1.807) is 18.1 Å². The largest absolute Gasteiger partial charge is 0.481 e. The van der Waals surface area contributed by atoms with Gasteiger partial charge in [0, 0.05) is 6.20 Å². The molecule has 0 fully saturated rings. The van der Waals surface area contributed by atoms with Crippen molar-refractivity contribution in [3.05, 3.63) is 60.3 Å². The molecule has 2 unspecified atom stereocenters. The SMILES string of the molecule is CC1=NN(c2ccccn2)C(c2ccccc2)C1C(=O)O. The Bertz CT molecular complexity index is 670. The summed E-state index contributed by atoms with van der Waals surface area (Å²) in [4.78, 5) is 15.9. The number of benzene rings is 1. The van der Waals surface area contributed by atoms with Crippen molar-refractivity contribution in [3.63, 3.8) is 0 Å². The summed E-state index contributed by atoms with van der Waals surface area (Å²) >= 11 is 0. The van der Waals surface area contributed by atoms with Gasteiger partial charge in [-0.3, -0.25) is 4.79 Å². The second-order valence-corrected chi connectivity index (χ2v) is 4.95. The van der Waals surface area contributed by atoms with E-state index >= 15 is 0 Å². The minimum atomic E-state index is -0.872. The molecule has 21 heavy (non-hydrogen) atoms. The third kappa shape index (κ3) is 2.38. The summed E-state index contributed by atoms with van der Waals surface area (Å²) in [5.41, 5.74) is 1.50. The summed E-state index contributed by atoms with van der Waals surface area (Å²) in [6.45, 7) is 1.75.